The highest BCUT2D eigenvalue weighted by Crippen LogP contribution is 2.21. The number of carboxylic acid groups (broad SMARTS) is 8. The summed E-state index contributed by atoms with van der Waals surface area (Å²) < 4.78 is 19.5. The average Bonchev–Trinajstić information content (AvgIpc) is 3.87. The molecule has 0 spiro atoms. The van der Waals surface area contributed by atoms with E-state index in [0.29, 0.717) is 24.3 Å². The van der Waals surface area contributed by atoms with Crippen LogP contribution in [0.25, 0.3) is 0 Å². The second-order valence-corrected chi connectivity index (χ2v) is 11.4. The zero-order chi connectivity index (χ0) is 51.8. The number of alkyl halides is 1. The molecule has 13 N–H and O–H groups in total. The molecule has 3 aliphatic heterocycles. The molecular weight excluding hydrogens is 897 g/mol. The highest BCUT2D eigenvalue weighted by atomic mass is 19.1. The number of ketones is 1. The Morgan fingerprint density at radius 3 is 1.17 bits per heavy atom. The number of aliphatic carboxylic acids is 8. The maximum atomic E-state index is 11.6. The smallest absolute Gasteiger partial charge is 0.338 e. The number of carbonyl (C=O) groups excluding carboxylic acids is 8. The molecule has 3 aliphatic rings. The normalized spacial score (nSPS) is 16.3. The van der Waals surface area contributed by atoms with Crippen molar-refractivity contribution in [3.8, 4) is 0 Å². The van der Waals surface area contributed by atoms with E-state index in [1.165, 1.54) is 0 Å². The van der Waals surface area contributed by atoms with E-state index in [1.54, 1.807) is 5.32 Å². The largest absolute Gasteiger partial charge is 0.481 e. The molecule has 352 valence electrons. The zero-order valence-electron chi connectivity index (χ0n) is 33.1. The molecule has 0 aliphatic carbocycles. The summed E-state index contributed by atoms with van der Waals surface area (Å²) in [5, 5.41) is 71.2. The Hall–Kier alpha value is -9.13. The summed E-state index contributed by atoms with van der Waals surface area (Å²) >= 11 is 0. The summed E-state index contributed by atoms with van der Waals surface area (Å²) in [6.07, 6.45) is 6.24. The Morgan fingerprint density at radius 2 is 0.923 bits per heavy atom. The number of cyclic esters (lactones) is 2. The number of nitrogens with one attached hydrogen (secondary N) is 1. The molecule has 0 bridgehead atoms. The van der Waals surface area contributed by atoms with Crippen molar-refractivity contribution in [1.29, 1.82) is 0 Å². The first-order chi connectivity index (χ1) is 30.5. The van der Waals surface area contributed by atoms with Crippen LogP contribution in [0.5, 0.6) is 0 Å². The third kappa shape index (κ3) is 19.9. The standard InChI is InChI=1S/C13H13NO10.C12H8N2O8.C4H8N2O4.C4H2O3.CH3F/c15-6(1-3-9(17)18)5-7(12(21)22)11(13(23)24)14-8(16)2-4-10(19)20;15-5-1-2-6(16)13(5)9(11(19)20)10(12(21)22)14-7(17)3-4-8(14)18;5-1(3(7)8)2(6)4(9)10;5-3-1-2-4(6)7-3;1-2/h1-4,7,11H,5H2,(H,14,16)(H,17,18)(H,19,20)(H,21,22)(H,23,24);1-4,9-10H,(H,19,20)(H,21,22);1-2H,5-6H2,(H,7,8)(H,9,10);1-2H;1H3/b3-1-,4-2-;;;;/i;;;;1D. The SMILES string of the molecule is NC(C(=O)O)C(N)C(=O)O.O=C(O)/C=C\C(=O)CC(C(=O)O)C(NC(=O)/C=C\C(=O)O)C(=O)O.O=C(O)C(C(C(=O)O)N1C(=O)C=CC1=O)N1C(=O)C=CC1=O.O=C1C=CC(=O)O1.[2H]CF. The van der Waals surface area contributed by atoms with Crippen molar-refractivity contribution in [3.63, 3.8) is 0 Å². The second-order valence-electron chi connectivity index (χ2n) is 11.4. The van der Waals surface area contributed by atoms with E-state index in [2.05, 4.69) is 4.74 Å². The van der Waals surface area contributed by atoms with Gasteiger partial charge in [0, 0.05) is 61.1 Å². The number of hydrogen-bond acceptors (Lipinski definition) is 19. The van der Waals surface area contributed by atoms with Gasteiger partial charge in [-0.25, -0.2) is 33.6 Å². The van der Waals surface area contributed by atoms with Crippen LogP contribution in [0.2, 0.25) is 0 Å². The first kappa shape index (κ1) is 55.9. The molecule has 31 heteroatoms. The number of allylic oxidation sites excluding steroid dienone is 1. The summed E-state index contributed by atoms with van der Waals surface area (Å²) in [4.78, 5) is 175. The van der Waals surface area contributed by atoms with Crippen molar-refractivity contribution in [2.75, 3.05) is 7.15 Å². The number of esters is 2. The van der Waals surface area contributed by atoms with Crippen LogP contribution in [0.4, 0.5) is 4.39 Å². The summed E-state index contributed by atoms with van der Waals surface area (Å²) in [5.74, 6) is -22.4. The zero-order valence-corrected chi connectivity index (χ0v) is 32.1. The topological polar surface area (TPSA) is 515 Å². The molecule has 6 unspecified atom stereocenters. The number of amides is 5. The fourth-order valence-electron chi connectivity index (χ4n) is 4.24. The van der Waals surface area contributed by atoms with Crippen molar-refractivity contribution in [2.24, 2.45) is 17.4 Å². The molecule has 0 aromatic heterocycles. The maximum absolute atomic E-state index is 11.6. The molecule has 0 saturated heterocycles. The molecule has 0 radical (unpaired) electrons. The lowest BCUT2D eigenvalue weighted by Gasteiger charge is -2.31. The van der Waals surface area contributed by atoms with Crippen molar-refractivity contribution < 1.29 is 128 Å². The molecule has 0 fully saturated rings. The summed E-state index contributed by atoms with van der Waals surface area (Å²) in [6, 6.07) is -9.59. The van der Waals surface area contributed by atoms with Gasteiger partial charge in [-0.1, -0.05) is 0 Å². The fourth-order valence-corrected chi connectivity index (χ4v) is 4.24. The summed E-state index contributed by atoms with van der Waals surface area (Å²) in [7, 11) is -1.00. The molecule has 0 aromatic rings. The van der Waals surface area contributed by atoms with Crippen LogP contribution in [0.3, 0.4) is 0 Å². The molecule has 3 rings (SSSR count). The lowest BCUT2D eigenvalue weighted by molar-refractivity contribution is -0.166. The Labute approximate surface area is 360 Å². The molecule has 5 amide bonds. The minimum atomic E-state index is -2.24. The lowest BCUT2D eigenvalue weighted by atomic mass is 9.93. The Kier molecular flexibility index (Phi) is 23.8. The minimum absolute atomic E-state index is 0.181. The van der Waals surface area contributed by atoms with Crippen molar-refractivity contribution in [1.82, 2.24) is 15.1 Å². The van der Waals surface area contributed by atoms with E-state index in [-0.39, 0.29) is 9.80 Å². The van der Waals surface area contributed by atoms with Gasteiger partial charge in [0.15, 0.2) is 17.9 Å². The highest BCUT2D eigenvalue weighted by molar-refractivity contribution is 6.18. The third-order valence-electron chi connectivity index (χ3n) is 7.06. The highest BCUT2D eigenvalue weighted by Gasteiger charge is 2.50. The predicted octanol–water partition coefficient (Wildman–Crippen LogP) is -5.74. The van der Waals surface area contributed by atoms with Gasteiger partial charge in [-0.05, 0) is 6.08 Å². The Morgan fingerprint density at radius 1 is 0.585 bits per heavy atom. The van der Waals surface area contributed by atoms with Gasteiger partial charge < -0.3 is 62.4 Å². The van der Waals surface area contributed by atoms with E-state index in [0.717, 1.165) is 36.5 Å². The van der Waals surface area contributed by atoms with Gasteiger partial charge in [0.2, 0.25) is 5.91 Å². The molecule has 30 nitrogen and oxygen atoms in total. The number of nitrogens with zero attached hydrogens (tertiary/aromatic N) is 2. The van der Waals surface area contributed by atoms with E-state index in [1.807, 2.05) is 0 Å². The number of halogens is 1. The van der Waals surface area contributed by atoms with Crippen LogP contribution in [0, 0.1) is 5.92 Å². The number of nitrogens with two attached hydrogens (primary N) is 2. The number of carbonyl (C=O) groups is 16. The molecule has 65 heavy (non-hydrogen) atoms. The van der Waals surface area contributed by atoms with Crippen LogP contribution < -0.4 is 16.8 Å². The molecular formula is C34H34FN5O25. The van der Waals surface area contributed by atoms with Crippen LogP contribution >= 0.6 is 0 Å². The molecule has 0 saturated carbocycles. The monoisotopic (exact) mass is 932 g/mol. The molecule has 3 heterocycles. The van der Waals surface area contributed by atoms with Crippen LogP contribution in [-0.4, -0.2) is 183 Å². The third-order valence-corrected chi connectivity index (χ3v) is 7.06. The molecule has 0 aromatic carbocycles. The molecule has 6 atom stereocenters. The number of ether oxygens (including phenoxy) is 1. The Balaban J connectivity index is 0. The second kappa shape index (κ2) is 27.7. The van der Waals surface area contributed by atoms with Gasteiger partial charge in [0.25, 0.3) is 23.6 Å². The van der Waals surface area contributed by atoms with Gasteiger partial charge in [-0.3, -0.25) is 57.3 Å². The number of hydrogen-bond donors (Lipinski definition) is 11. The first-order valence-electron chi connectivity index (χ1n) is 17.1. The number of imide groups is 2. The van der Waals surface area contributed by atoms with Crippen molar-refractivity contribution >= 4 is 95.0 Å². The Bertz CT molecular complexity index is 1980. The summed E-state index contributed by atoms with van der Waals surface area (Å²) in [6.45, 7) is 0. The summed E-state index contributed by atoms with van der Waals surface area (Å²) in [5.41, 5.74) is 9.71. The van der Waals surface area contributed by atoms with Gasteiger partial charge in [0.05, 0.1) is 14.4 Å². The van der Waals surface area contributed by atoms with Gasteiger partial charge in [-0.15, -0.1) is 0 Å². The average molecular weight is 933 g/mol. The number of carboxylic acids is 8. The minimum Gasteiger partial charge on any atom is -0.481 e. The predicted molar refractivity (Wildman–Crippen MR) is 197 cm³/mol. The van der Waals surface area contributed by atoms with E-state index >= 15 is 0 Å². The maximum Gasteiger partial charge on any atom is 0.338 e. The lowest BCUT2D eigenvalue weighted by Crippen LogP contribution is -2.61. The van der Waals surface area contributed by atoms with E-state index < -0.39 is 145 Å². The van der Waals surface area contributed by atoms with Crippen LogP contribution in [-0.2, 0) is 81.4 Å². The van der Waals surface area contributed by atoms with Crippen LogP contribution in [0.15, 0.2) is 60.8 Å². The van der Waals surface area contributed by atoms with Gasteiger partial charge >= 0.3 is 59.7 Å². The fraction of sp³-hybridized carbons (Fsp3) is 0.235. The van der Waals surface area contributed by atoms with Crippen molar-refractivity contribution in [2.45, 2.75) is 36.6 Å². The van der Waals surface area contributed by atoms with Gasteiger partial charge in [-0.2, -0.15) is 0 Å². The van der Waals surface area contributed by atoms with E-state index in [9.17, 15) is 91.3 Å². The quantitative estimate of drug-likeness (QED) is 0.0264. The van der Waals surface area contributed by atoms with Gasteiger partial charge in [0.1, 0.15) is 18.1 Å². The van der Waals surface area contributed by atoms with E-state index in [4.69, 9.17) is 43.5 Å². The first-order valence-corrected chi connectivity index (χ1v) is 16.4. The number of rotatable bonds is 18. The van der Waals surface area contributed by atoms with Crippen LogP contribution in [0.1, 0.15) is 7.79 Å². The van der Waals surface area contributed by atoms with Crippen molar-refractivity contribution in [3.05, 3.63) is 60.8 Å².